The van der Waals surface area contributed by atoms with Gasteiger partial charge in [0, 0.05) is 5.69 Å². The van der Waals surface area contributed by atoms with Crippen LogP contribution < -0.4 is 10.6 Å². The summed E-state index contributed by atoms with van der Waals surface area (Å²) in [5, 5.41) is 6.24. The lowest BCUT2D eigenvalue weighted by molar-refractivity contribution is 0.102. The van der Waals surface area contributed by atoms with Crippen LogP contribution in [0.15, 0.2) is 60.8 Å². The van der Waals surface area contributed by atoms with Crippen molar-refractivity contribution in [3.8, 4) is 0 Å². The van der Waals surface area contributed by atoms with Crippen LogP contribution in [-0.4, -0.2) is 10.9 Å². The molecule has 2 N–H and O–H groups in total. The summed E-state index contributed by atoms with van der Waals surface area (Å²) in [4.78, 5) is 16.3. The average molecular weight is 376 g/mol. The molecule has 1 aromatic heterocycles. The molecule has 0 atom stereocenters. The first-order valence-corrected chi connectivity index (χ1v) is 8.02. The number of hydrogen-bond acceptors (Lipinski definition) is 3. The van der Waals surface area contributed by atoms with E-state index in [1.165, 1.54) is 24.4 Å². The molecule has 0 saturated carbocycles. The molecule has 0 bridgehead atoms. The molecule has 4 nitrogen and oxygen atoms in total. The summed E-state index contributed by atoms with van der Waals surface area (Å²) in [6, 6.07) is 14.5. The number of nitrogens with zero attached hydrogens (tertiary/aromatic N) is 1. The number of aromatic nitrogens is 1. The first-order valence-electron chi connectivity index (χ1n) is 7.27. The summed E-state index contributed by atoms with van der Waals surface area (Å²) in [5.74, 6) is -0.972. The van der Waals surface area contributed by atoms with Crippen LogP contribution in [0.1, 0.15) is 10.5 Å². The predicted molar refractivity (Wildman–Crippen MR) is 98.3 cm³/mol. The Morgan fingerprint density at radius 2 is 1.72 bits per heavy atom. The molecular formula is C18H12Cl2FN3O. The van der Waals surface area contributed by atoms with Crippen LogP contribution in [0.5, 0.6) is 0 Å². The van der Waals surface area contributed by atoms with Crippen molar-refractivity contribution in [1.29, 1.82) is 0 Å². The van der Waals surface area contributed by atoms with Gasteiger partial charge in [-0.05, 0) is 42.5 Å². The molecule has 126 valence electrons. The molecule has 0 aliphatic carbocycles. The van der Waals surface area contributed by atoms with Crippen molar-refractivity contribution in [3.05, 3.63) is 82.4 Å². The lowest BCUT2D eigenvalue weighted by Gasteiger charge is -2.09. The van der Waals surface area contributed by atoms with Gasteiger partial charge in [0.1, 0.15) is 11.5 Å². The molecule has 0 aliphatic rings. The van der Waals surface area contributed by atoms with Crippen LogP contribution in [0.3, 0.4) is 0 Å². The molecule has 0 radical (unpaired) electrons. The molecule has 3 aromatic rings. The van der Waals surface area contributed by atoms with Gasteiger partial charge >= 0.3 is 0 Å². The Labute approximate surface area is 153 Å². The van der Waals surface area contributed by atoms with Gasteiger partial charge in [-0.1, -0.05) is 35.3 Å². The van der Waals surface area contributed by atoms with Gasteiger partial charge in [0.05, 0.1) is 27.6 Å². The van der Waals surface area contributed by atoms with Crippen molar-refractivity contribution in [2.45, 2.75) is 0 Å². The van der Waals surface area contributed by atoms with E-state index in [0.717, 1.165) is 5.69 Å². The van der Waals surface area contributed by atoms with Crippen LogP contribution >= 0.6 is 23.2 Å². The number of anilines is 3. The third-order valence-electron chi connectivity index (χ3n) is 3.33. The number of hydrogen-bond donors (Lipinski definition) is 2. The normalized spacial score (nSPS) is 10.4. The number of carbonyl (C=O) groups excluding carboxylic acids is 1. The molecular weight excluding hydrogens is 364 g/mol. The summed E-state index contributed by atoms with van der Waals surface area (Å²) < 4.78 is 13.1. The van der Waals surface area contributed by atoms with E-state index in [1.54, 1.807) is 18.2 Å². The van der Waals surface area contributed by atoms with E-state index in [9.17, 15) is 9.18 Å². The Hall–Kier alpha value is -2.63. The van der Waals surface area contributed by atoms with Crippen LogP contribution in [0, 0.1) is 5.82 Å². The van der Waals surface area contributed by atoms with E-state index < -0.39 is 11.7 Å². The second-order valence-electron chi connectivity index (χ2n) is 5.12. The van der Waals surface area contributed by atoms with Gasteiger partial charge in [-0.15, -0.1) is 0 Å². The van der Waals surface area contributed by atoms with E-state index in [-0.39, 0.29) is 10.7 Å². The Bertz CT molecular complexity index is 916. The highest BCUT2D eigenvalue weighted by molar-refractivity contribution is 6.33. The monoisotopic (exact) mass is 375 g/mol. The zero-order valence-electron chi connectivity index (χ0n) is 12.8. The fourth-order valence-corrected chi connectivity index (χ4v) is 2.45. The minimum absolute atomic E-state index is 0.0648. The average Bonchev–Trinajstić information content (AvgIpc) is 2.61. The third kappa shape index (κ3) is 4.26. The van der Waals surface area contributed by atoms with Gasteiger partial charge in [0.2, 0.25) is 0 Å². The van der Waals surface area contributed by atoms with Crippen molar-refractivity contribution in [2.75, 3.05) is 10.6 Å². The SMILES string of the molecule is O=C(Nc1ccc(F)c(Cl)c1)c1ccc(Nc2ccccc2Cl)cn1. The number of para-hydroxylation sites is 1. The van der Waals surface area contributed by atoms with Gasteiger partial charge in [-0.2, -0.15) is 0 Å². The molecule has 7 heteroatoms. The van der Waals surface area contributed by atoms with Crippen molar-refractivity contribution in [3.63, 3.8) is 0 Å². The summed E-state index contributed by atoms with van der Waals surface area (Å²) in [6.07, 6.45) is 1.52. The highest BCUT2D eigenvalue weighted by atomic mass is 35.5. The lowest BCUT2D eigenvalue weighted by atomic mass is 10.2. The second kappa shape index (κ2) is 7.51. The molecule has 25 heavy (non-hydrogen) atoms. The molecule has 0 spiro atoms. The topological polar surface area (TPSA) is 54.0 Å². The number of pyridine rings is 1. The smallest absolute Gasteiger partial charge is 0.274 e. The maximum Gasteiger partial charge on any atom is 0.274 e. The molecule has 2 aromatic carbocycles. The number of carbonyl (C=O) groups is 1. The number of amides is 1. The van der Waals surface area contributed by atoms with Crippen molar-refractivity contribution < 1.29 is 9.18 Å². The number of rotatable bonds is 4. The zero-order chi connectivity index (χ0) is 17.8. The van der Waals surface area contributed by atoms with Crippen LogP contribution in [0.4, 0.5) is 21.5 Å². The van der Waals surface area contributed by atoms with E-state index in [1.807, 2.05) is 18.2 Å². The van der Waals surface area contributed by atoms with Gasteiger partial charge in [0.15, 0.2) is 0 Å². The van der Waals surface area contributed by atoms with E-state index >= 15 is 0 Å². The second-order valence-corrected chi connectivity index (χ2v) is 5.93. The van der Waals surface area contributed by atoms with Crippen molar-refractivity contribution in [2.24, 2.45) is 0 Å². The lowest BCUT2D eigenvalue weighted by Crippen LogP contribution is -2.13. The van der Waals surface area contributed by atoms with Crippen molar-refractivity contribution >= 4 is 46.2 Å². The highest BCUT2D eigenvalue weighted by Crippen LogP contribution is 2.24. The first kappa shape index (κ1) is 17.2. The molecule has 0 unspecified atom stereocenters. The molecule has 1 heterocycles. The first-order chi connectivity index (χ1) is 12.0. The Kier molecular flexibility index (Phi) is 5.16. The zero-order valence-corrected chi connectivity index (χ0v) is 14.3. The summed E-state index contributed by atoms with van der Waals surface area (Å²) in [5.41, 5.74) is 2.03. The van der Waals surface area contributed by atoms with Crippen LogP contribution in [0.25, 0.3) is 0 Å². The number of benzene rings is 2. The van der Waals surface area contributed by atoms with Crippen molar-refractivity contribution in [1.82, 2.24) is 4.98 Å². The largest absolute Gasteiger partial charge is 0.353 e. The number of halogens is 3. The number of nitrogens with one attached hydrogen (secondary N) is 2. The Morgan fingerprint density at radius 3 is 2.40 bits per heavy atom. The van der Waals surface area contributed by atoms with Gasteiger partial charge in [-0.25, -0.2) is 9.37 Å². The maximum absolute atomic E-state index is 13.1. The van der Waals surface area contributed by atoms with E-state index in [4.69, 9.17) is 23.2 Å². The minimum Gasteiger partial charge on any atom is -0.353 e. The van der Waals surface area contributed by atoms with E-state index in [0.29, 0.717) is 16.4 Å². The maximum atomic E-state index is 13.1. The molecule has 3 rings (SSSR count). The molecule has 1 amide bonds. The summed E-state index contributed by atoms with van der Waals surface area (Å²) in [7, 11) is 0. The summed E-state index contributed by atoms with van der Waals surface area (Å²) in [6.45, 7) is 0. The molecule has 0 fully saturated rings. The fraction of sp³-hybridized carbons (Fsp3) is 0. The third-order valence-corrected chi connectivity index (χ3v) is 3.95. The highest BCUT2D eigenvalue weighted by Gasteiger charge is 2.09. The fourth-order valence-electron chi connectivity index (χ4n) is 2.09. The van der Waals surface area contributed by atoms with Gasteiger partial charge < -0.3 is 10.6 Å². The quantitative estimate of drug-likeness (QED) is 0.630. The van der Waals surface area contributed by atoms with Gasteiger partial charge in [-0.3, -0.25) is 4.79 Å². The molecule has 0 saturated heterocycles. The molecule has 0 aliphatic heterocycles. The van der Waals surface area contributed by atoms with Crippen LogP contribution in [0.2, 0.25) is 10.0 Å². The Balaban J connectivity index is 1.70. The minimum atomic E-state index is -0.548. The van der Waals surface area contributed by atoms with E-state index in [2.05, 4.69) is 15.6 Å². The summed E-state index contributed by atoms with van der Waals surface area (Å²) >= 11 is 11.8. The van der Waals surface area contributed by atoms with Crippen LogP contribution in [-0.2, 0) is 0 Å². The Morgan fingerprint density at radius 1 is 0.960 bits per heavy atom. The predicted octanol–water partition coefficient (Wildman–Crippen LogP) is 5.52. The standard InChI is InChI=1S/C18H12Cl2FN3O/c19-13-3-1-2-4-16(13)23-12-6-8-17(22-10-12)18(25)24-11-5-7-15(21)14(20)9-11/h1-10,23H,(H,24,25). The van der Waals surface area contributed by atoms with Gasteiger partial charge in [0.25, 0.3) is 5.91 Å².